The lowest BCUT2D eigenvalue weighted by Gasteiger charge is -2.13. The second-order valence-corrected chi connectivity index (χ2v) is 5.72. The summed E-state index contributed by atoms with van der Waals surface area (Å²) in [7, 11) is 0. The molecule has 3 aromatic rings. The van der Waals surface area contributed by atoms with Crippen LogP contribution < -0.4 is 11.1 Å². The number of carboxylic acid groups (broad SMARTS) is 1. The molecule has 0 bridgehead atoms. The Morgan fingerprint density at radius 3 is 2.65 bits per heavy atom. The van der Waals surface area contributed by atoms with Gasteiger partial charge in [-0.15, -0.1) is 0 Å². The average molecular weight is 360 g/mol. The van der Waals surface area contributed by atoms with Crippen LogP contribution in [0.15, 0.2) is 30.6 Å². The molecule has 2 aromatic carbocycles. The van der Waals surface area contributed by atoms with Crippen molar-refractivity contribution in [1.82, 2.24) is 9.55 Å². The first kappa shape index (κ1) is 17.3. The van der Waals surface area contributed by atoms with Gasteiger partial charge in [0.15, 0.2) is 5.82 Å². The summed E-state index contributed by atoms with van der Waals surface area (Å²) in [6, 6.07) is 5.50. The van der Waals surface area contributed by atoms with Gasteiger partial charge >= 0.3 is 5.97 Å². The quantitative estimate of drug-likeness (QED) is 0.648. The van der Waals surface area contributed by atoms with Gasteiger partial charge in [-0.2, -0.15) is 0 Å². The summed E-state index contributed by atoms with van der Waals surface area (Å²) < 4.78 is 30.2. The van der Waals surface area contributed by atoms with Gasteiger partial charge in [0.1, 0.15) is 17.9 Å². The highest BCUT2D eigenvalue weighted by Gasteiger charge is 2.21. The number of aryl methyl sites for hydroxylation is 1. The molecule has 0 aliphatic heterocycles. The van der Waals surface area contributed by atoms with E-state index in [0.29, 0.717) is 5.56 Å². The number of primary amides is 1. The van der Waals surface area contributed by atoms with Crippen molar-refractivity contribution in [3.05, 3.63) is 53.4 Å². The van der Waals surface area contributed by atoms with Crippen molar-refractivity contribution < 1.29 is 23.5 Å². The molecule has 1 aromatic heterocycles. The molecule has 0 aliphatic carbocycles. The molecule has 0 saturated carbocycles. The summed E-state index contributed by atoms with van der Waals surface area (Å²) in [6.45, 7) is 1.23. The van der Waals surface area contributed by atoms with Gasteiger partial charge in [-0.25, -0.2) is 13.8 Å². The fourth-order valence-electron chi connectivity index (χ4n) is 2.60. The van der Waals surface area contributed by atoms with Crippen molar-refractivity contribution in [3.8, 4) is 0 Å². The van der Waals surface area contributed by atoms with Gasteiger partial charge in [-0.1, -0.05) is 6.07 Å². The lowest BCUT2D eigenvalue weighted by Crippen LogP contribution is -2.15. The first-order valence-electron chi connectivity index (χ1n) is 7.50. The minimum absolute atomic E-state index is 0.0404. The van der Waals surface area contributed by atoms with Crippen LogP contribution in [0.4, 0.5) is 20.2 Å². The van der Waals surface area contributed by atoms with E-state index in [1.54, 1.807) is 13.0 Å². The summed E-state index contributed by atoms with van der Waals surface area (Å²) in [5, 5.41) is 11.5. The first-order valence-corrected chi connectivity index (χ1v) is 7.50. The number of carboxylic acids is 1. The van der Waals surface area contributed by atoms with Crippen LogP contribution >= 0.6 is 0 Å². The molecule has 0 radical (unpaired) electrons. The molecule has 0 aliphatic rings. The average Bonchev–Trinajstić information content (AvgIpc) is 2.94. The normalized spacial score (nSPS) is 10.9. The zero-order chi connectivity index (χ0) is 19.0. The van der Waals surface area contributed by atoms with Crippen molar-refractivity contribution in [3.63, 3.8) is 0 Å². The van der Waals surface area contributed by atoms with E-state index < -0.39 is 30.1 Å². The van der Waals surface area contributed by atoms with Crippen molar-refractivity contribution >= 4 is 34.3 Å². The van der Waals surface area contributed by atoms with Crippen LogP contribution in [0.25, 0.3) is 11.0 Å². The van der Waals surface area contributed by atoms with Gasteiger partial charge in [-0.05, 0) is 30.7 Å². The van der Waals surface area contributed by atoms with E-state index in [-0.39, 0.29) is 28.0 Å². The molecule has 1 heterocycles. The maximum atomic E-state index is 14.9. The Morgan fingerprint density at radius 1 is 1.31 bits per heavy atom. The molecule has 134 valence electrons. The highest BCUT2D eigenvalue weighted by atomic mass is 19.1. The van der Waals surface area contributed by atoms with Crippen molar-refractivity contribution in [2.45, 2.75) is 13.5 Å². The summed E-state index contributed by atoms with van der Waals surface area (Å²) in [6.07, 6.45) is 1.14. The molecular weight excluding hydrogens is 346 g/mol. The van der Waals surface area contributed by atoms with Crippen LogP contribution in [-0.4, -0.2) is 26.5 Å². The van der Waals surface area contributed by atoms with Crippen LogP contribution in [0, 0.1) is 18.6 Å². The molecule has 7 nitrogen and oxygen atoms in total. The number of rotatable bonds is 5. The predicted molar refractivity (Wildman–Crippen MR) is 90.3 cm³/mol. The topological polar surface area (TPSA) is 110 Å². The third-order valence-electron chi connectivity index (χ3n) is 3.81. The van der Waals surface area contributed by atoms with E-state index in [4.69, 9.17) is 10.8 Å². The second kappa shape index (κ2) is 6.43. The number of aromatic nitrogens is 2. The number of amides is 1. The van der Waals surface area contributed by atoms with Gasteiger partial charge in [0.05, 0.1) is 28.8 Å². The number of hydrogen-bond donors (Lipinski definition) is 3. The maximum absolute atomic E-state index is 14.9. The lowest BCUT2D eigenvalue weighted by molar-refractivity contribution is -0.137. The highest BCUT2D eigenvalue weighted by molar-refractivity contribution is 6.03. The predicted octanol–water partition coefficient (Wildman–Crippen LogP) is 2.55. The summed E-state index contributed by atoms with van der Waals surface area (Å²) >= 11 is 0. The van der Waals surface area contributed by atoms with Crippen molar-refractivity contribution in [2.75, 3.05) is 5.32 Å². The molecule has 3 rings (SSSR count). The van der Waals surface area contributed by atoms with Gasteiger partial charge in [0, 0.05) is 0 Å². The van der Waals surface area contributed by atoms with Crippen LogP contribution in [0.1, 0.15) is 15.9 Å². The van der Waals surface area contributed by atoms with Crippen LogP contribution in [0.2, 0.25) is 0 Å². The van der Waals surface area contributed by atoms with Gasteiger partial charge in [0.25, 0.3) is 5.91 Å². The molecule has 1 amide bonds. The fourth-order valence-corrected chi connectivity index (χ4v) is 2.60. The Balaban J connectivity index is 2.18. The molecule has 0 spiro atoms. The number of hydrogen-bond acceptors (Lipinski definition) is 4. The van der Waals surface area contributed by atoms with Gasteiger partial charge in [0.2, 0.25) is 0 Å². The van der Waals surface area contributed by atoms with Crippen molar-refractivity contribution in [2.24, 2.45) is 5.73 Å². The Hall–Kier alpha value is -3.49. The zero-order valence-corrected chi connectivity index (χ0v) is 13.6. The van der Waals surface area contributed by atoms with E-state index >= 15 is 0 Å². The van der Waals surface area contributed by atoms with E-state index in [1.807, 2.05) is 0 Å². The summed E-state index contributed by atoms with van der Waals surface area (Å²) in [5.41, 5.74) is 5.31. The Morgan fingerprint density at radius 2 is 2.04 bits per heavy atom. The SMILES string of the molecule is Cc1ccc(Nc2c(C(N)=O)cc3c(ncn3CC(=O)O)c2F)c(F)c1. The Labute approximate surface area is 146 Å². The number of fused-ring (bicyclic) bond motifs is 1. The first-order chi connectivity index (χ1) is 12.3. The molecule has 0 saturated heterocycles. The number of nitrogens with one attached hydrogen (secondary N) is 1. The molecule has 4 N–H and O–H groups in total. The summed E-state index contributed by atoms with van der Waals surface area (Å²) in [5.74, 6) is -3.67. The number of nitrogens with zero attached hydrogens (tertiary/aromatic N) is 2. The van der Waals surface area contributed by atoms with Crippen molar-refractivity contribution in [1.29, 1.82) is 0 Å². The van der Waals surface area contributed by atoms with Crippen LogP contribution in [0.5, 0.6) is 0 Å². The maximum Gasteiger partial charge on any atom is 0.323 e. The molecular formula is C17H14F2N4O3. The van der Waals surface area contributed by atoms with E-state index in [0.717, 1.165) is 6.33 Å². The number of halogens is 2. The molecule has 0 fully saturated rings. The number of nitrogens with two attached hydrogens (primary N) is 1. The second-order valence-electron chi connectivity index (χ2n) is 5.72. The fraction of sp³-hybridized carbons (Fsp3) is 0.118. The lowest BCUT2D eigenvalue weighted by atomic mass is 10.1. The smallest absolute Gasteiger partial charge is 0.323 e. The third kappa shape index (κ3) is 3.06. The van der Waals surface area contributed by atoms with E-state index in [2.05, 4.69) is 10.3 Å². The minimum Gasteiger partial charge on any atom is -0.480 e. The number of benzene rings is 2. The number of imidazole rings is 1. The van der Waals surface area contributed by atoms with Gasteiger partial charge in [-0.3, -0.25) is 9.59 Å². The van der Waals surface area contributed by atoms with Crippen LogP contribution in [0.3, 0.4) is 0 Å². The third-order valence-corrected chi connectivity index (χ3v) is 3.81. The van der Waals surface area contributed by atoms with Crippen LogP contribution in [-0.2, 0) is 11.3 Å². The monoisotopic (exact) mass is 360 g/mol. The Bertz CT molecular complexity index is 1050. The van der Waals surface area contributed by atoms with E-state index in [9.17, 15) is 18.4 Å². The van der Waals surface area contributed by atoms with Gasteiger partial charge < -0.3 is 20.7 Å². The Kier molecular flexibility index (Phi) is 4.29. The highest BCUT2D eigenvalue weighted by Crippen LogP contribution is 2.31. The number of anilines is 2. The number of carbonyl (C=O) groups excluding carboxylic acids is 1. The number of aliphatic carboxylic acids is 1. The molecule has 9 heteroatoms. The largest absolute Gasteiger partial charge is 0.480 e. The van der Waals surface area contributed by atoms with E-state index in [1.165, 1.54) is 22.8 Å². The molecule has 0 atom stereocenters. The minimum atomic E-state index is -1.16. The standard InChI is InChI=1S/C17H14F2N4O3/c1-8-2-3-11(10(18)4-8)22-15-9(17(20)26)5-12-16(14(15)19)21-7-23(12)6-13(24)25/h2-5,7,22H,6H2,1H3,(H2,20,26)(H,24,25). The number of carbonyl (C=O) groups is 2. The molecule has 0 unspecified atom stereocenters. The molecule has 26 heavy (non-hydrogen) atoms. The summed E-state index contributed by atoms with van der Waals surface area (Å²) in [4.78, 5) is 26.5. The zero-order valence-electron chi connectivity index (χ0n) is 13.6.